The van der Waals surface area contributed by atoms with Crippen LogP contribution in [0.3, 0.4) is 0 Å². The summed E-state index contributed by atoms with van der Waals surface area (Å²) in [6.45, 7) is 8.92. The molecule has 61 heavy (non-hydrogen) atoms. The molecule has 0 aliphatic carbocycles. The number of benzene rings is 1. The van der Waals surface area contributed by atoms with Crippen molar-refractivity contribution in [3.05, 3.63) is 36.4 Å². The lowest BCUT2D eigenvalue weighted by atomic mass is 9.82. The maximum atomic E-state index is 13.9. The summed E-state index contributed by atoms with van der Waals surface area (Å²) in [7, 11) is 3.03. The number of fused-ring (bicyclic) bond motifs is 1. The second-order valence-electron chi connectivity index (χ2n) is 15.7. The molecule has 0 bridgehead atoms. The molecule has 6 N–H and O–H groups in total. The van der Waals surface area contributed by atoms with Gasteiger partial charge in [-0.2, -0.15) is 0 Å². The van der Waals surface area contributed by atoms with Gasteiger partial charge in [0.1, 0.15) is 30.3 Å². The van der Waals surface area contributed by atoms with Crippen LogP contribution in [0, 0.1) is 5.41 Å². The van der Waals surface area contributed by atoms with E-state index in [9.17, 15) is 43.2 Å². The fourth-order valence-corrected chi connectivity index (χ4v) is 6.70. The van der Waals surface area contributed by atoms with Crippen molar-refractivity contribution in [2.75, 3.05) is 40.4 Å². The summed E-state index contributed by atoms with van der Waals surface area (Å²) in [5.41, 5.74) is -0.479. The number of piperidine rings is 1. The zero-order chi connectivity index (χ0) is 45.3. The zero-order valence-electron chi connectivity index (χ0n) is 35.9. The van der Waals surface area contributed by atoms with Gasteiger partial charge in [-0.25, -0.2) is 4.79 Å². The maximum Gasteiger partial charge on any atom is 0.329 e. The van der Waals surface area contributed by atoms with Crippen LogP contribution in [0.15, 0.2) is 30.9 Å². The number of hydrogen-bond acceptors (Lipinski definition) is 12. The number of nitrogens with zero attached hydrogens (tertiary/aromatic N) is 1. The first-order valence-corrected chi connectivity index (χ1v) is 20.5. The predicted octanol–water partition coefficient (Wildman–Crippen LogP) is 0.127. The van der Waals surface area contributed by atoms with Crippen LogP contribution in [0.5, 0.6) is 11.5 Å². The average Bonchev–Trinajstić information content (AvgIpc) is 3.25. The van der Waals surface area contributed by atoms with Crippen molar-refractivity contribution in [1.82, 2.24) is 36.8 Å². The van der Waals surface area contributed by atoms with Gasteiger partial charge in [0.25, 0.3) is 5.91 Å². The largest absolute Gasteiger partial charge is 0.493 e. The van der Waals surface area contributed by atoms with Crippen molar-refractivity contribution in [2.45, 2.75) is 116 Å². The Labute approximate surface area is 356 Å². The monoisotopic (exact) mass is 855 g/mol. The Balaban J connectivity index is 1.87. The van der Waals surface area contributed by atoms with Gasteiger partial charge in [0.2, 0.25) is 41.2 Å². The smallest absolute Gasteiger partial charge is 0.329 e. The number of methoxy groups -OCH3 is 2. The number of ketones is 1. The first-order valence-electron chi connectivity index (χ1n) is 20.5. The highest BCUT2D eigenvalue weighted by Gasteiger charge is 2.42. The number of esters is 1. The molecule has 19 nitrogen and oxygen atoms in total. The van der Waals surface area contributed by atoms with Gasteiger partial charge in [0.05, 0.1) is 14.2 Å². The van der Waals surface area contributed by atoms with Crippen LogP contribution >= 0.6 is 0 Å². The third kappa shape index (κ3) is 15.2. The van der Waals surface area contributed by atoms with Crippen LogP contribution in [0.1, 0.15) is 84.6 Å². The normalized spacial score (nSPS) is 24.6. The molecule has 3 rings (SSSR count). The fourth-order valence-electron chi connectivity index (χ4n) is 6.70. The molecular weight excluding hydrogens is 794 g/mol. The lowest BCUT2D eigenvalue weighted by molar-refractivity contribution is -0.164. The summed E-state index contributed by atoms with van der Waals surface area (Å²) < 4.78 is 16.8. The summed E-state index contributed by atoms with van der Waals surface area (Å²) in [5, 5.41) is 15.2. The van der Waals surface area contributed by atoms with Gasteiger partial charge in [0, 0.05) is 44.4 Å². The van der Waals surface area contributed by atoms with Gasteiger partial charge in [-0.05, 0) is 82.6 Å². The Hall–Kier alpha value is -6.01. The molecule has 0 unspecified atom stereocenters. The zero-order valence-corrected chi connectivity index (χ0v) is 35.9. The Morgan fingerprint density at radius 2 is 1.54 bits per heavy atom. The molecule has 2 saturated heterocycles. The van der Waals surface area contributed by atoms with Crippen molar-refractivity contribution >= 4 is 53.1 Å². The second kappa shape index (κ2) is 23.7. The summed E-state index contributed by atoms with van der Waals surface area (Å²) in [6.07, 6.45) is 2.10. The van der Waals surface area contributed by atoms with Gasteiger partial charge < -0.3 is 51.0 Å². The Morgan fingerprint density at radius 3 is 2.23 bits per heavy atom. The molecule has 2 aliphatic rings. The van der Waals surface area contributed by atoms with E-state index in [0.717, 1.165) is 11.6 Å². The van der Waals surface area contributed by atoms with Crippen LogP contribution in [0.25, 0.3) is 0 Å². The quantitative estimate of drug-likeness (QED) is 0.116. The number of carbonyl (C=O) groups excluding carboxylic acids is 9. The highest BCUT2D eigenvalue weighted by atomic mass is 16.5. The number of amides is 7. The molecule has 5 atom stereocenters. The number of Topliss-reactive ketones (excluding diaryl/α,β-unsaturated/α-hetero) is 1. The van der Waals surface area contributed by atoms with Gasteiger partial charge in [0.15, 0.2) is 11.5 Å². The molecule has 2 fully saturated rings. The van der Waals surface area contributed by atoms with Crippen molar-refractivity contribution in [2.24, 2.45) is 5.41 Å². The number of carbonyl (C=O) groups is 9. The minimum Gasteiger partial charge on any atom is -0.493 e. The number of cyclic esters (lactones) is 1. The topological polar surface area (TPSA) is 257 Å². The molecule has 336 valence electrons. The molecule has 2 heterocycles. The molecule has 2 aliphatic heterocycles. The predicted molar refractivity (Wildman–Crippen MR) is 221 cm³/mol. The summed E-state index contributed by atoms with van der Waals surface area (Å²) >= 11 is 0. The Bertz CT molecular complexity index is 1800. The lowest BCUT2D eigenvalue weighted by Crippen LogP contribution is -2.58. The molecular formula is C42H61N7O12. The Morgan fingerprint density at radius 1 is 0.869 bits per heavy atom. The van der Waals surface area contributed by atoms with Crippen LogP contribution in [-0.4, -0.2) is 129 Å². The average molecular weight is 856 g/mol. The van der Waals surface area contributed by atoms with Crippen LogP contribution < -0.4 is 41.4 Å². The molecule has 0 spiro atoms. The van der Waals surface area contributed by atoms with E-state index in [-0.39, 0.29) is 58.3 Å². The van der Waals surface area contributed by atoms with Gasteiger partial charge in [-0.3, -0.25) is 38.4 Å². The van der Waals surface area contributed by atoms with Crippen LogP contribution in [-0.2, 0) is 54.3 Å². The minimum atomic E-state index is -1.33. The lowest BCUT2D eigenvalue weighted by Gasteiger charge is -2.36. The second-order valence-corrected chi connectivity index (χ2v) is 15.7. The van der Waals surface area contributed by atoms with E-state index in [1.807, 2.05) is 6.07 Å². The molecule has 19 heteroatoms. The number of nitrogens with one attached hydrogen (secondary N) is 6. The minimum absolute atomic E-state index is 0.0139. The van der Waals surface area contributed by atoms with Crippen molar-refractivity contribution in [3.63, 3.8) is 0 Å². The SMILES string of the molecule is C=CC(=O)NC[C@@H]1NC(=O)[C@H](C)NC(=O)[C@H](C)NC(=O)CCC(C)(C)C(=O)C(=O)N2CCCC[C@H]2C(=O)O[C@H](CCc2ccc(OC)c(OC)c2)CCC(=O)NCCNC1=O. The van der Waals surface area contributed by atoms with Crippen molar-refractivity contribution < 1.29 is 57.4 Å². The molecule has 1 aromatic rings. The third-order valence-corrected chi connectivity index (χ3v) is 10.6. The van der Waals surface area contributed by atoms with E-state index >= 15 is 0 Å². The van der Waals surface area contributed by atoms with E-state index in [0.29, 0.717) is 37.2 Å². The first kappa shape index (κ1) is 49.4. The standard InChI is InChI=1S/C42H61N7O12/c1-8-33(50)45-24-29-39(56)44-21-20-43-34(51)17-15-28(14-12-27-13-16-31(59-6)32(23-27)60-7)61-41(58)30-11-9-10-22-49(30)40(57)36(53)42(4,5)19-18-35(52)46-25(2)37(54)47-26(3)38(55)48-29/h8,13,16,23,25-26,28-30H,1,9-12,14-15,17-22,24H2,2-7H3,(H,43,51)(H,44,56)(H,45,50)(H,46,52)(H,47,54)(H,48,55)/t25-,26-,28+,29-,30-/m0/s1. The molecule has 0 radical (unpaired) electrons. The summed E-state index contributed by atoms with van der Waals surface area (Å²) in [5.74, 6) is -5.11. The van der Waals surface area contributed by atoms with Crippen molar-refractivity contribution in [3.8, 4) is 11.5 Å². The van der Waals surface area contributed by atoms with E-state index in [2.05, 4.69) is 38.5 Å². The first-order chi connectivity index (χ1) is 28.9. The molecule has 0 aromatic heterocycles. The highest BCUT2D eigenvalue weighted by Crippen LogP contribution is 2.30. The van der Waals surface area contributed by atoms with E-state index < -0.39 is 88.8 Å². The van der Waals surface area contributed by atoms with Gasteiger partial charge >= 0.3 is 5.97 Å². The molecule has 1 aromatic carbocycles. The highest BCUT2D eigenvalue weighted by molar-refractivity contribution is 6.38. The molecule has 7 amide bonds. The number of ether oxygens (including phenoxy) is 3. The van der Waals surface area contributed by atoms with Gasteiger partial charge in [-0.15, -0.1) is 0 Å². The summed E-state index contributed by atoms with van der Waals surface area (Å²) in [6, 6.07) is 0.755. The number of hydrogen-bond donors (Lipinski definition) is 6. The van der Waals surface area contributed by atoms with Gasteiger partial charge in [-0.1, -0.05) is 26.5 Å². The third-order valence-electron chi connectivity index (χ3n) is 10.6. The summed E-state index contributed by atoms with van der Waals surface area (Å²) in [4.78, 5) is 120. The number of rotatable bonds is 8. The molecule has 0 saturated carbocycles. The van der Waals surface area contributed by atoms with E-state index in [1.165, 1.54) is 46.8 Å². The maximum absolute atomic E-state index is 13.9. The van der Waals surface area contributed by atoms with Crippen LogP contribution in [0.2, 0.25) is 0 Å². The van der Waals surface area contributed by atoms with E-state index in [4.69, 9.17) is 14.2 Å². The van der Waals surface area contributed by atoms with Crippen molar-refractivity contribution in [1.29, 1.82) is 0 Å². The number of aryl methyl sites for hydroxylation is 1. The van der Waals surface area contributed by atoms with E-state index in [1.54, 1.807) is 12.1 Å². The fraction of sp³-hybridized carbons (Fsp3) is 0.595. The Kier molecular flexibility index (Phi) is 19.2. The van der Waals surface area contributed by atoms with Crippen LogP contribution in [0.4, 0.5) is 0 Å².